The Labute approximate surface area is 119 Å². The second-order valence-electron chi connectivity index (χ2n) is 6.10. The van der Waals surface area contributed by atoms with Crippen molar-refractivity contribution < 1.29 is 14.3 Å². The molecule has 0 aliphatic heterocycles. The number of urea groups is 1. The highest BCUT2D eigenvalue weighted by atomic mass is 19.1. The van der Waals surface area contributed by atoms with Crippen molar-refractivity contribution in [2.45, 2.75) is 39.8 Å². The Hall–Kier alpha value is -1.62. The molecule has 1 aromatic carbocycles. The molecule has 3 N–H and O–H groups in total. The Balaban J connectivity index is 2.42. The lowest BCUT2D eigenvalue weighted by molar-refractivity contribution is 0.190. The zero-order chi connectivity index (χ0) is 15.2. The summed E-state index contributed by atoms with van der Waals surface area (Å²) in [5.41, 5.74) is 0.708. The van der Waals surface area contributed by atoms with E-state index in [1.165, 1.54) is 12.1 Å². The second kappa shape index (κ2) is 7.24. The minimum absolute atomic E-state index is 0.0171. The number of amides is 2. The van der Waals surface area contributed by atoms with Crippen LogP contribution in [0.4, 0.5) is 9.18 Å². The lowest BCUT2D eigenvalue weighted by atomic mass is 9.88. The zero-order valence-corrected chi connectivity index (χ0v) is 12.2. The van der Waals surface area contributed by atoms with Crippen LogP contribution >= 0.6 is 0 Å². The molecule has 0 heterocycles. The Bertz CT molecular complexity index is 444. The number of carbonyl (C=O) groups is 1. The van der Waals surface area contributed by atoms with E-state index in [4.69, 9.17) is 0 Å². The summed E-state index contributed by atoms with van der Waals surface area (Å²) in [5, 5.41) is 14.6. The van der Waals surface area contributed by atoms with E-state index in [9.17, 15) is 14.3 Å². The third-order valence-corrected chi connectivity index (χ3v) is 2.76. The average Bonchev–Trinajstić information content (AvgIpc) is 2.34. The zero-order valence-electron chi connectivity index (χ0n) is 12.2. The average molecular weight is 282 g/mol. The molecule has 0 saturated heterocycles. The first kappa shape index (κ1) is 16.4. The van der Waals surface area contributed by atoms with Crippen LogP contribution in [0.5, 0.6) is 0 Å². The van der Waals surface area contributed by atoms with Gasteiger partial charge in [0.15, 0.2) is 0 Å². The molecular formula is C15H23FN2O2. The third kappa shape index (κ3) is 6.52. The number of aliphatic hydroxyl groups is 1. The maximum absolute atomic E-state index is 13.0. The van der Waals surface area contributed by atoms with Gasteiger partial charge in [-0.25, -0.2) is 9.18 Å². The van der Waals surface area contributed by atoms with Gasteiger partial charge in [-0.2, -0.15) is 0 Å². The van der Waals surface area contributed by atoms with E-state index in [-0.39, 0.29) is 36.5 Å². The lowest BCUT2D eigenvalue weighted by Crippen LogP contribution is -2.45. The molecule has 0 spiro atoms. The van der Waals surface area contributed by atoms with Gasteiger partial charge in [-0.1, -0.05) is 32.9 Å². The summed E-state index contributed by atoms with van der Waals surface area (Å²) < 4.78 is 13.0. The first-order valence-electron chi connectivity index (χ1n) is 6.70. The molecule has 0 aromatic heterocycles. The van der Waals surface area contributed by atoms with E-state index >= 15 is 0 Å². The van der Waals surface area contributed by atoms with Crippen LogP contribution in [0.25, 0.3) is 0 Å². The number of halogens is 1. The van der Waals surface area contributed by atoms with Gasteiger partial charge in [-0.05, 0) is 29.5 Å². The summed E-state index contributed by atoms with van der Waals surface area (Å²) in [6.45, 7) is 6.27. The number of aliphatic hydroxyl groups excluding tert-OH is 1. The maximum Gasteiger partial charge on any atom is 0.315 e. The molecule has 0 saturated carbocycles. The van der Waals surface area contributed by atoms with Crippen LogP contribution in [-0.2, 0) is 6.54 Å². The monoisotopic (exact) mass is 282 g/mol. The largest absolute Gasteiger partial charge is 0.394 e. The van der Waals surface area contributed by atoms with Crippen molar-refractivity contribution in [1.82, 2.24) is 10.6 Å². The molecule has 0 bridgehead atoms. The number of hydrogen-bond donors (Lipinski definition) is 3. The van der Waals surface area contributed by atoms with Crippen molar-refractivity contribution in [2.75, 3.05) is 6.61 Å². The second-order valence-corrected chi connectivity index (χ2v) is 6.10. The summed E-state index contributed by atoms with van der Waals surface area (Å²) in [7, 11) is 0. The molecule has 0 aliphatic rings. The van der Waals surface area contributed by atoms with Crippen LogP contribution < -0.4 is 10.6 Å². The molecule has 0 radical (unpaired) electrons. The fourth-order valence-corrected chi connectivity index (χ4v) is 1.97. The predicted octanol–water partition coefficient (Wildman–Crippen LogP) is 2.42. The fourth-order valence-electron chi connectivity index (χ4n) is 1.97. The molecule has 0 aliphatic carbocycles. The quantitative estimate of drug-likeness (QED) is 0.776. The molecule has 0 fully saturated rings. The maximum atomic E-state index is 13.0. The van der Waals surface area contributed by atoms with E-state index in [1.54, 1.807) is 12.1 Å². The molecule has 5 heteroatoms. The van der Waals surface area contributed by atoms with Gasteiger partial charge in [0.1, 0.15) is 5.82 Å². The summed E-state index contributed by atoms with van der Waals surface area (Å²) in [6.07, 6.45) is 0.677. The summed E-state index contributed by atoms with van der Waals surface area (Å²) >= 11 is 0. The highest BCUT2D eigenvalue weighted by molar-refractivity contribution is 5.74. The smallest absolute Gasteiger partial charge is 0.315 e. The number of benzene rings is 1. The van der Waals surface area contributed by atoms with Gasteiger partial charge in [-0.15, -0.1) is 0 Å². The molecule has 4 nitrogen and oxygen atoms in total. The molecule has 1 aromatic rings. The van der Waals surface area contributed by atoms with Crippen LogP contribution in [-0.4, -0.2) is 23.8 Å². The SMILES string of the molecule is CC(C)(C)CC(CO)NC(=O)NCc1cccc(F)c1. The van der Waals surface area contributed by atoms with E-state index in [1.807, 2.05) is 20.8 Å². The molecular weight excluding hydrogens is 259 g/mol. The standard InChI is InChI=1S/C15H23FN2O2/c1-15(2,3)8-13(10-19)18-14(20)17-9-11-5-4-6-12(16)7-11/h4-7,13,19H,8-10H2,1-3H3,(H2,17,18,20). The number of hydrogen-bond acceptors (Lipinski definition) is 2. The van der Waals surface area contributed by atoms with Crippen molar-refractivity contribution in [3.05, 3.63) is 35.6 Å². The summed E-state index contributed by atoms with van der Waals surface area (Å²) in [6, 6.07) is 5.41. The minimum Gasteiger partial charge on any atom is -0.394 e. The van der Waals surface area contributed by atoms with E-state index in [0.29, 0.717) is 12.0 Å². The number of nitrogens with one attached hydrogen (secondary N) is 2. The Kier molecular flexibility index (Phi) is 5.95. The van der Waals surface area contributed by atoms with Gasteiger partial charge in [-0.3, -0.25) is 0 Å². The van der Waals surface area contributed by atoms with Gasteiger partial charge in [0.2, 0.25) is 0 Å². The number of carbonyl (C=O) groups excluding carboxylic acids is 1. The molecule has 20 heavy (non-hydrogen) atoms. The first-order chi connectivity index (χ1) is 9.30. The van der Waals surface area contributed by atoms with Crippen molar-refractivity contribution >= 4 is 6.03 Å². The predicted molar refractivity (Wildman–Crippen MR) is 76.7 cm³/mol. The van der Waals surface area contributed by atoms with E-state index < -0.39 is 0 Å². The van der Waals surface area contributed by atoms with Gasteiger partial charge < -0.3 is 15.7 Å². The van der Waals surface area contributed by atoms with Crippen LogP contribution in [0.2, 0.25) is 0 Å². The fraction of sp³-hybridized carbons (Fsp3) is 0.533. The Morgan fingerprint density at radius 2 is 2.10 bits per heavy atom. The van der Waals surface area contributed by atoms with Crippen molar-refractivity contribution in [1.29, 1.82) is 0 Å². The lowest BCUT2D eigenvalue weighted by Gasteiger charge is -2.25. The van der Waals surface area contributed by atoms with Crippen molar-refractivity contribution in [2.24, 2.45) is 5.41 Å². The van der Waals surface area contributed by atoms with Crippen LogP contribution in [0.1, 0.15) is 32.8 Å². The van der Waals surface area contributed by atoms with E-state index in [2.05, 4.69) is 10.6 Å². The minimum atomic E-state index is -0.363. The Morgan fingerprint density at radius 1 is 1.40 bits per heavy atom. The molecule has 1 rings (SSSR count). The van der Waals surface area contributed by atoms with Gasteiger partial charge >= 0.3 is 6.03 Å². The van der Waals surface area contributed by atoms with Crippen molar-refractivity contribution in [3.8, 4) is 0 Å². The molecule has 1 unspecified atom stereocenters. The van der Waals surface area contributed by atoms with Gasteiger partial charge in [0.25, 0.3) is 0 Å². The van der Waals surface area contributed by atoms with Crippen molar-refractivity contribution in [3.63, 3.8) is 0 Å². The molecule has 112 valence electrons. The molecule has 2 amide bonds. The Morgan fingerprint density at radius 3 is 2.65 bits per heavy atom. The summed E-state index contributed by atoms with van der Waals surface area (Å²) in [4.78, 5) is 11.7. The summed E-state index contributed by atoms with van der Waals surface area (Å²) in [5.74, 6) is -0.328. The number of rotatable bonds is 5. The van der Waals surface area contributed by atoms with Crippen LogP contribution in [0.15, 0.2) is 24.3 Å². The van der Waals surface area contributed by atoms with Gasteiger partial charge in [0.05, 0.1) is 12.6 Å². The van der Waals surface area contributed by atoms with E-state index in [0.717, 1.165) is 0 Å². The highest BCUT2D eigenvalue weighted by Gasteiger charge is 2.19. The molecule has 1 atom stereocenters. The topological polar surface area (TPSA) is 61.4 Å². The first-order valence-corrected chi connectivity index (χ1v) is 6.70. The van der Waals surface area contributed by atoms with Gasteiger partial charge in [0, 0.05) is 6.54 Å². The normalized spacial score (nSPS) is 12.8. The van der Waals surface area contributed by atoms with Crippen LogP contribution in [0.3, 0.4) is 0 Å². The third-order valence-electron chi connectivity index (χ3n) is 2.76. The van der Waals surface area contributed by atoms with Crippen LogP contribution in [0, 0.1) is 11.2 Å². The highest BCUT2D eigenvalue weighted by Crippen LogP contribution is 2.20.